The number of hydrogen-bond donors (Lipinski definition) is 0. The third-order valence-electron chi connectivity index (χ3n) is 4.77. The third-order valence-corrected chi connectivity index (χ3v) is 5.85. The maximum atomic E-state index is 12.6. The quantitative estimate of drug-likeness (QED) is 0.727. The molecule has 1 atom stereocenters. The zero-order valence-corrected chi connectivity index (χ0v) is 16.1. The van der Waals surface area contributed by atoms with E-state index >= 15 is 0 Å². The molecule has 5 nitrogen and oxygen atoms in total. The van der Waals surface area contributed by atoms with Crippen LogP contribution in [-0.2, 0) is 11.2 Å². The summed E-state index contributed by atoms with van der Waals surface area (Å²) >= 11 is 1.40. The molecular weight excluding hydrogens is 350 g/mol. The van der Waals surface area contributed by atoms with Crippen molar-refractivity contribution in [2.24, 2.45) is 0 Å². The van der Waals surface area contributed by atoms with Gasteiger partial charge in [-0.15, -0.1) is 11.3 Å². The first-order valence-corrected chi connectivity index (χ1v) is 9.47. The van der Waals surface area contributed by atoms with E-state index < -0.39 is 0 Å². The lowest BCUT2D eigenvalue weighted by molar-refractivity contribution is -0.129. The minimum atomic E-state index is 0.0417. The Kier molecular flexibility index (Phi) is 5.61. The molecule has 1 fully saturated rings. The molecule has 138 valence electrons. The number of amides is 1. The Hall–Kier alpha value is -2.34. The van der Waals surface area contributed by atoms with Gasteiger partial charge in [-0.1, -0.05) is 0 Å². The van der Waals surface area contributed by atoms with Gasteiger partial charge in [-0.25, -0.2) is 0 Å². The Morgan fingerprint density at radius 2 is 2.04 bits per heavy atom. The average molecular weight is 373 g/mol. The topological polar surface area (TPSA) is 55.8 Å². The number of likely N-dealkylation sites (tertiary alicyclic amines) is 1. The predicted octanol–water partition coefficient (Wildman–Crippen LogP) is 3.53. The molecule has 1 aromatic carbocycles. The van der Waals surface area contributed by atoms with Crippen LogP contribution >= 0.6 is 11.3 Å². The van der Waals surface area contributed by atoms with Gasteiger partial charge in [0.2, 0.25) is 5.91 Å². The summed E-state index contributed by atoms with van der Waals surface area (Å²) in [7, 11) is 3.30. The molecule has 0 N–H and O–H groups in total. The molecule has 1 amide bonds. The molecule has 1 aliphatic rings. The Morgan fingerprint density at radius 1 is 1.23 bits per heavy atom. The number of rotatable bonds is 6. The summed E-state index contributed by atoms with van der Waals surface area (Å²) in [6.45, 7) is 2.95. The van der Waals surface area contributed by atoms with E-state index in [1.54, 1.807) is 21.1 Å². The molecule has 0 aliphatic carbocycles. The lowest BCUT2D eigenvalue weighted by Crippen LogP contribution is -2.29. The molecule has 0 saturated carbocycles. The van der Waals surface area contributed by atoms with Gasteiger partial charge in [0.05, 0.1) is 25.5 Å². The number of methoxy groups -OCH3 is 2. The third kappa shape index (κ3) is 3.90. The van der Waals surface area contributed by atoms with Crippen molar-refractivity contribution >= 4 is 23.0 Å². The van der Waals surface area contributed by atoms with Crippen LogP contribution < -0.4 is 9.47 Å². The first-order valence-electron chi connectivity index (χ1n) is 8.60. The number of nitrogens with zero attached hydrogens (tertiary/aromatic N) is 1. The van der Waals surface area contributed by atoms with E-state index in [1.807, 2.05) is 34.5 Å². The number of carbonyl (C=O) groups excluding carboxylic acids is 2. The van der Waals surface area contributed by atoms with Crippen LogP contribution in [0.25, 0.3) is 0 Å². The number of ether oxygens (including phenoxy) is 2. The summed E-state index contributed by atoms with van der Waals surface area (Å²) in [6.07, 6.45) is 1.24. The van der Waals surface area contributed by atoms with E-state index in [1.165, 1.54) is 11.3 Å². The Bertz CT molecular complexity index is 814. The van der Waals surface area contributed by atoms with Gasteiger partial charge in [0.15, 0.2) is 5.78 Å². The summed E-state index contributed by atoms with van der Waals surface area (Å²) in [5.74, 6) is 2.00. The SMILES string of the molecule is COc1ccc(OC)c(C2CCN(C(=O)Cc3csc(C(C)=O)c3)C2)c1. The van der Waals surface area contributed by atoms with Gasteiger partial charge in [-0.2, -0.15) is 0 Å². The fourth-order valence-corrected chi connectivity index (χ4v) is 4.15. The highest BCUT2D eigenvalue weighted by atomic mass is 32.1. The predicted molar refractivity (Wildman–Crippen MR) is 102 cm³/mol. The second kappa shape index (κ2) is 7.91. The van der Waals surface area contributed by atoms with Crippen molar-refractivity contribution in [3.63, 3.8) is 0 Å². The van der Waals surface area contributed by atoms with Crippen LogP contribution in [0, 0.1) is 0 Å². The Balaban J connectivity index is 1.68. The minimum absolute atomic E-state index is 0.0417. The number of carbonyl (C=O) groups is 2. The standard InChI is InChI=1S/C20H23NO4S/c1-13(22)19-8-14(12-26-19)9-20(23)21-7-6-15(11-21)17-10-16(24-2)4-5-18(17)25-3/h4-5,8,10,12,15H,6-7,9,11H2,1-3H3. The van der Waals surface area contributed by atoms with Gasteiger partial charge in [-0.05, 0) is 48.6 Å². The summed E-state index contributed by atoms with van der Waals surface area (Å²) in [6, 6.07) is 7.61. The number of hydrogen-bond acceptors (Lipinski definition) is 5. The van der Waals surface area contributed by atoms with Crippen molar-refractivity contribution in [1.29, 1.82) is 0 Å². The van der Waals surface area contributed by atoms with Crippen molar-refractivity contribution in [3.05, 3.63) is 45.6 Å². The molecule has 0 bridgehead atoms. The zero-order chi connectivity index (χ0) is 18.7. The van der Waals surface area contributed by atoms with Crippen LogP contribution in [0.1, 0.15) is 40.1 Å². The largest absolute Gasteiger partial charge is 0.497 e. The molecule has 26 heavy (non-hydrogen) atoms. The van der Waals surface area contributed by atoms with E-state index in [0.717, 1.165) is 35.6 Å². The molecule has 1 unspecified atom stereocenters. The van der Waals surface area contributed by atoms with Crippen LogP contribution in [-0.4, -0.2) is 43.9 Å². The van der Waals surface area contributed by atoms with Crippen LogP contribution in [0.2, 0.25) is 0 Å². The number of thiophene rings is 1. The first kappa shape index (κ1) is 18.5. The van der Waals surface area contributed by atoms with E-state index in [9.17, 15) is 9.59 Å². The lowest BCUT2D eigenvalue weighted by Gasteiger charge is -2.18. The number of ketones is 1. The van der Waals surface area contributed by atoms with Crippen LogP contribution in [0.4, 0.5) is 0 Å². The highest BCUT2D eigenvalue weighted by Gasteiger charge is 2.29. The molecule has 6 heteroatoms. The second-order valence-corrected chi connectivity index (χ2v) is 7.40. The first-order chi connectivity index (χ1) is 12.5. The van der Waals surface area contributed by atoms with E-state index in [-0.39, 0.29) is 17.6 Å². The fraction of sp³-hybridized carbons (Fsp3) is 0.400. The molecule has 2 aromatic rings. The molecule has 1 saturated heterocycles. The highest BCUT2D eigenvalue weighted by Crippen LogP contribution is 2.36. The van der Waals surface area contributed by atoms with Crippen LogP contribution in [0.3, 0.4) is 0 Å². The molecule has 3 rings (SSSR count). The zero-order valence-electron chi connectivity index (χ0n) is 15.3. The van der Waals surface area contributed by atoms with Crippen LogP contribution in [0.5, 0.6) is 11.5 Å². The monoisotopic (exact) mass is 373 g/mol. The molecule has 1 aliphatic heterocycles. The van der Waals surface area contributed by atoms with Crippen molar-refractivity contribution < 1.29 is 19.1 Å². The Morgan fingerprint density at radius 3 is 2.69 bits per heavy atom. The maximum absolute atomic E-state index is 12.6. The van der Waals surface area contributed by atoms with Gasteiger partial charge >= 0.3 is 0 Å². The smallest absolute Gasteiger partial charge is 0.227 e. The van der Waals surface area contributed by atoms with Gasteiger partial charge in [0.1, 0.15) is 11.5 Å². The van der Waals surface area contributed by atoms with E-state index in [4.69, 9.17) is 9.47 Å². The van der Waals surface area contributed by atoms with Gasteiger partial charge < -0.3 is 14.4 Å². The van der Waals surface area contributed by atoms with Gasteiger partial charge in [0, 0.05) is 24.6 Å². The second-order valence-electron chi connectivity index (χ2n) is 6.49. The summed E-state index contributed by atoms with van der Waals surface area (Å²) in [5, 5.41) is 1.90. The molecule has 2 heterocycles. The van der Waals surface area contributed by atoms with Crippen LogP contribution in [0.15, 0.2) is 29.6 Å². The highest BCUT2D eigenvalue weighted by molar-refractivity contribution is 7.12. The summed E-state index contributed by atoms with van der Waals surface area (Å²) < 4.78 is 10.8. The normalized spacial score (nSPS) is 16.6. The number of Topliss-reactive ketones (excluding diaryl/α,β-unsaturated/α-hetero) is 1. The summed E-state index contributed by atoms with van der Waals surface area (Å²) in [4.78, 5) is 26.6. The fourth-order valence-electron chi connectivity index (χ4n) is 3.34. The minimum Gasteiger partial charge on any atom is -0.497 e. The van der Waals surface area contributed by atoms with Crippen molar-refractivity contribution in [1.82, 2.24) is 4.90 Å². The maximum Gasteiger partial charge on any atom is 0.227 e. The van der Waals surface area contributed by atoms with E-state index in [2.05, 4.69) is 0 Å². The van der Waals surface area contributed by atoms with Crippen molar-refractivity contribution in [2.45, 2.75) is 25.7 Å². The van der Waals surface area contributed by atoms with Gasteiger partial charge in [-0.3, -0.25) is 9.59 Å². The summed E-state index contributed by atoms with van der Waals surface area (Å²) in [5.41, 5.74) is 1.99. The lowest BCUT2D eigenvalue weighted by atomic mass is 9.97. The molecular formula is C20H23NO4S. The van der Waals surface area contributed by atoms with Crippen molar-refractivity contribution in [2.75, 3.05) is 27.3 Å². The van der Waals surface area contributed by atoms with E-state index in [0.29, 0.717) is 17.8 Å². The molecule has 0 radical (unpaired) electrons. The van der Waals surface area contributed by atoms with Crippen molar-refractivity contribution in [3.8, 4) is 11.5 Å². The molecule has 1 aromatic heterocycles. The average Bonchev–Trinajstić information content (AvgIpc) is 3.30. The molecule has 0 spiro atoms. The number of benzene rings is 1. The Labute approximate surface area is 157 Å². The van der Waals surface area contributed by atoms with Gasteiger partial charge in [0.25, 0.3) is 0 Å².